The highest BCUT2D eigenvalue weighted by atomic mass is 35.5. The molecular formula is C31H34ClN5O5S. The van der Waals surface area contributed by atoms with Gasteiger partial charge < -0.3 is 19.9 Å². The standard InChI is InChI=1S/C31H34ClN5O5S/c1-40-25-9-8-23(29(18-25)41-2)20-37(30-12-15-34-21-35-30)43(38,39)26-10-11-28(27(32)19-26)42-24-13-16-36(17-14-24)31(33)22-6-4-3-5-7-22/h3-12,15,18-19,21,24,31H,13-14,16-17,20,33H2,1-2H3/t31-/m1/s1. The minimum atomic E-state index is -4.11. The zero-order valence-electron chi connectivity index (χ0n) is 24.0. The molecule has 0 bridgehead atoms. The lowest BCUT2D eigenvalue weighted by atomic mass is 10.0. The summed E-state index contributed by atoms with van der Waals surface area (Å²) in [6.07, 6.45) is 4.07. The number of anilines is 1. The number of methoxy groups -OCH3 is 2. The summed E-state index contributed by atoms with van der Waals surface area (Å²) in [5.74, 6) is 1.69. The highest BCUT2D eigenvalue weighted by molar-refractivity contribution is 7.92. The highest BCUT2D eigenvalue weighted by Gasteiger charge is 2.29. The lowest BCUT2D eigenvalue weighted by Crippen LogP contribution is -2.43. The van der Waals surface area contributed by atoms with Crippen LogP contribution in [0.4, 0.5) is 5.82 Å². The zero-order valence-corrected chi connectivity index (χ0v) is 25.5. The number of sulfonamides is 1. The van der Waals surface area contributed by atoms with Crippen molar-refractivity contribution in [1.82, 2.24) is 14.9 Å². The average molecular weight is 624 g/mol. The van der Waals surface area contributed by atoms with Crippen molar-refractivity contribution in [2.75, 3.05) is 31.6 Å². The summed E-state index contributed by atoms with van der Waals surface area (Å²) in [5, 5.41) is 0.203. The van der Waals surface area contributed by atoms with Crippen LogP contribution >= 0.6 is 11.6 Å². The molecule has 4 aromatic rings. The molecule has 10 nitrogen and oxygen atoms in total. The van der Waals surface area contributed by atoms with Gasteiger partial charge in [0.05, 0.1) is 36.8 Å². The molecule has 1 aliphatic rings. The SMILES string of the molecule is COc1ccc(CN(c2ccncn2)S(=O)(=O)c2ccc(OC3CCN([C@@H](N)c4ccccc4)CC3)c(Cl)c2)c(OC)c1. The van der Waals surface area contributed by atoms with Gasteiger partial charge in [-0.1, -0.05) is 41.9 Å². The Labute approximate surface area is 257 Å². The van der Waals surface area contributed by atoms with Crippen molar-refractivity contribution in [3.8, 4) is 17.2 Å². The fraction of sp³-hybridized carbons (Fsp3) is 0.290. The first kappa shape index (κ1) is 30.6. The fourth-order valence-electron chi connectivity index (χ4n) is 5.03. The molecule has 226 valence electrons. The van der Waals surface area contributed by atoms with Gasteiger partial charge in [-0.3, -0.25) is 4.90 Å². The summed E-state index contributed by atoms with van der Waals surface area (Å²) in [7, 11) is -1.05. The summed E-state index contributed by atoms with van der Waals surface area (Å²) in [4.78, 5) is 10.4. The monoisotopic (exact) mass is 623 g/mol. The van der Waals surface area contributed by atoms with Crippen LogP contribution in [0.3, 0.4) is 0 Å². The van der Waals surface area contributed by atoms with Crippen LogP contribution in [0.1, 0.15) is 30.1 Å². The largest absolute Gasteiger partial charge is 0.497 e. The molecule has 2 heterocycles. The maximum atomic E-state index is 14.0. The van der Waals surface area contributed by atoms with Gasteiger partial charge in [0.15, 0.2) is 0 Å². The van der Waals surface area contributed by atoms with Crippen LogP contribution in [0.25, 0.3) is 0 Å². The van der Waals surface area contributed by atoms with E-state index >= 15 is 0 Å². The van der Waals surface area contributed by atoms with Crippen LogP contribution in [0, 0.1) is 0 Å². The van der Waals surface area contributed by atoms with Crippen molar-refractivity contribution in [3.05, 3.63) is 101 Å². The van der Waals surface area contributed by atoms with Crippen LogP contribution < -0.4 is 24.2 Å². The van der Waals surface area contributed by atoms with E-state index in [0.29, 0.717) is 22.8 Å². The van der Waals surface area contributed by atoms with Crippen LogP contribution in [0.2, 0.25) is 5.02 Å². The summed E-state index contributed by atoms with van der Waals surface area (Å²) < 4.78 is 46.2. The van der Waals surface area contributed by atoms with Crippen molar-refractivity contribution in [3.63, 3.8) is 0 Å². The first-order valence-electron chi connectivity index (χ1n) is 13.8. The lowest BCUT2D eigenvalue weighted by molar-refractivity contribution is 0.0765. The van der Waals surface area contributed by atoms with Gasteiger partial charge in [0.1, 0.15) is 35.5 Å². The third-order valence-electron chi connectivity index (χ3n) is 7.43. The molecule has 2 N–H and O–H groups in total. The van der Waals surface area contributed by atoms with Crippen LogP contribution in [0.5, 0.6) is 17.2 Å². The number of halogens is 1. The Morgan fingerprint density at radius 1 is 1.00 bits per heavy atom. The Hall–Kier alpha value is -3.90. The number of aromatic nitrogens is 2. The number of likely N-dealkylation sites (tertiary alicyclic amines) is 1. The van der Waals surface area contributed by atoms with E-state index < -0.39 is 10.0 Å². The number of benzene rings is 3. The Morgan fingerprint density at radius 2 is 1.77 bits per heavy atom. The van der Waals surface area contributed by atoms with Gasteiger partial charge in [-0.15, -0.1) is 0 Å². The summed E-state index contributed by atoms with van der Waals surface area (Å²) in [6, 6.07) is 21.2. The number of hydrogen-bond donors (Lipinski definition) is 1. The Kier molecular flexibility index (Phi) is 9.66. The van der Waals surface area contributed by atoms with Crippen molar-refractivity contribution in [2.45, 2.75) is 36.6 Å². The van der Waals surface area contributed by atoms with Crippen molar-refractivity contribution >= 4 is 27.4 Å². The topological polar surface area (TPSA) is 120 Å². The van der Waals surface area contributed by atoms with Gasteiger partial charge in [0.25, 0.3) is 10.0 Å². The summed E-state index contributed by atoms with van der Waals surface area (Å²) in [6.45, 7) is 1.49. The first-order chi connectivity index (χ1) is 20.8. The first-order valence-corrected chi connectivity index (χ1v) is 15.6. The molecule has 0 amide bonds. The minimum Gasteiger partial charge on any atom is -0.497 e. The van der Waals surface area contributed by atoms with E-state index in [2.05, 4.69) is 14.9 Å². The summed E-state index contributed by atoms with van der Waals surface area (Å²) in [5.41, 5.74) is 8.17. The highest BCUT2D eigenvalue weighted by Crippen LogP contribution is 2.34. The zero-order chi connectivity index (χ0) is 30.4. The lowest BCUT2D eigenvalue weighted by Gasteiger charge is -2.36. The second kappa shape index (κ2) is 13.6. The molecule has 1 saturated heterocycles. The molecule has 1 aliphatic heterocycles. The van der Waals surface area contributed by atoms with E-state index in [9.17, 15) is 8.42 Å². The fourth-order valence-corrected chi connectivity index (χ4v) is 6.75. The maximum Gasteiger partial charge on any atom is 0.265 e. The molecular weight excluding hydrogens is 590 g/mol. The molecule has 0 radical (unpaired) electrons. The second-order valence-corrected chi connectivity index (χ2v) is 12.3. The predicted octanol–water partition coefficient (Wildman–Crippen LogP) is 5.04. The van der Waals surface area contributed by atoms with Crippen LogP contribution in [-0.4, -0.2) is 56.7 Å². The number of nitrogens with zero attached hydrogens (tertiary/aromatic N) is 4. The smallest absolute Gasteiger partial charge is 0.265 e. The third-order valence-corrected chi connectivity index (χ3v) is 9.47. The number of hydrogen-bond acceptors (Lipinski definition) is 9. The maximum absolute atomic E-state index is 14.0. The van der Waals surface area contributed by atoms with E-state index in [1.54, 1.807) is 31.4 Å². The van der Waals surface area contributed by atoms with Crippen molar-refractivity contribution in [1.29, 1.82) is 0 Å². The molecule has 0 spiro atoms. The molecule has 1 fully saturated rings. The van der Waals surface area contributed by atoms with Gasteiger partial charge in [0, 0.05) is 37.0 Å². The van der Waals surface area contributed by atoms with E-state index in [0.717, 1.165) is 31.5 Å². The van der Waals surface area contributed by atoms with E-state index in [1.807, 2.05) is 30.3 Å². The number of nitrogens with two attached hydrogens (primary N) is 1. The van der Waals surface area contributed by atoms with E-state index in [4.69, 9.17) is 31.5 Å². The Morgan fingerprint density at radius 3 is 2.42 bits per heavy atom. The van der Waals surface area contributed by atoms with Gasteiger partial charge in [0.2, 0.25) is 0 Å². The predicted molar refractivity (Wildman–Crippen MR) is 165 cm³/mol. The van der Waals surface area contributed by atoms with E-state index in [1.165, 1.54) is 42.1 Å². The van der Waals surface area contributed by atoms with Gasteiger partial charge in [-0.25, -0.2) is 22.7 Å². The molecule has 43 heavy (non-hydrogen) atoms. The van der Waals surface area contributed by atoms with Crippen LogP contribution in [-0.2, 0) is 16.6 Å². The molecule has 0 unspecified atom stereocenters. The quantitative estimate of drug-likeness (QED) is 0.245. The van der Waals surface area contributed by atoms with Crippen LogP contribution in [0.15, 0.2) is 90.2 Å². The Bertz CT molecular complexity index is 1620. The average Bonchev–Trinajstić information content (AvgIpc) is 3.05. The number of ether oxygens (including phenoxy) is 3. The van der Waals surface area contributed by atoms with Gasteiger partial charge >= 0.3 is 0 Å². The number of rotatable bonds is 11. The minimum absolute atomic E-state index is 0.000375. The second-order valence-electron chi connectivity index (χ2n) is 10.1. The molecule has 0 saturated carbocycles. The molecule has 1 atom stereocenters. The summed E-state index contributed by atoms with van der Waals surface area (Å²) >= 11 is 6.61. The molecule has 12 heteroatoms. The molecule has 5 rings (SSSR count). The molecule has 3 aromatic carbocycles. The Balaban J connectivity index is 1.32. The van der Waals surface area contributed by atoms with Crippen molar-refractivity contribution < 1.29 is 22.6 Å². The molecule has 0 aliphatic carbocycles. The molecule has 1 aromatic heterocycles. The normalized spacial score (nSPS) is 15.1. The third kappa shape index (κ3) is 7.02. The van der Waals surface area contributed by atoms with Gasteiger partial charge in [-0.05, 0) is 48.7 Å². The number of piperidine rings is 1. The van der Waals surface area contributed by atoms with Crippen molar-refractivity contribution in [2.24, 2.45) is 5.73 Å². The van der Waals surface area contributed by atoms with Gasteiger partial charge in [-0.2, -0.15) is 0 Å². The van der Waals surface area contributed by atoms with E-state index in [-0.39, 0.29) is 34.6 Å².